The molecular weight excluding hydrogens is 288 g/mol. The summed E-state index contributed by atoms with van der Waals surface area (Å²) in [6.07, 6.45) is 2.25. The van der Waals surface area contributed by atoms with Gasteiger partial charge in [-0.25, -0.2) is 4.79 Å². The first-order valence-corrected chi connectivity index (χ1v) is 8.19. The van der Waals surface area contributed by atoms with E-state index < -0.39 is 11.9 Å². The van der Waals surface area contributed by atoms with Gasteiger partial charge in [-0.05, 0) is 38.1 Å². The van der Waals surface area contributed by atoms with Gasteiger partial charge in [0.2, 0.25) is 0 Å². The molecule has 1 saturated carbocycles. The highest BCUT2D eigenvalue weighted by atomic mass is 32.1. The summed E-state index contributed by atoms with van der Waals surface area (Å²) < 4.78 is 0. The van der Waals surface area contributed by atoms with Gasteiger partial charge in [-0.1, -0.05) is 12.5 Å². The van der Waals surface area contributed by atoms with Crippen molar-refractivity contribution < 1.29 is 14.7 Å². The third-order valence-electron chi connectivity index (χ3n) is 3.93. The summed E-state index contributed by atoms with van der Waals surface area (Å²) in [5.74, 6) is -1.27. The molecule has 1 aliphatic carbocycles. The zero-order chi connectivity index (χ0) is 15.4. The number of carbonyl (C=O) groups excluding carboxylic acids is 1. The summed E-state index contributed by atoms with van der Waals surface area (Å²) in [5.41, 5.74) is 0. The quantitative estimate of drug-likeness (QED) is 0.878. The van der Waals surface area contributed by atoms with Gasteiger partial charge in [0.15, 0.2) is 0 Å². The summed E-state index contributed by atoms with van der Waals surface area (Å²) in [7, 11) is 0. The Kier molecular flexibility index (Phi) is 5.22. The maximum atomic E-state index is 12.5. The van der Waals surface area contributed by atoms with E-state index in [1.165, 1.54) is 0 Å². The molecule has 0 radical (unpaired) electrons. The van der Waals surface area contributed by atoms with Crippen LogP contribution in [0.25, 0.3) is 0 Å². The fourth-order valence-corrected chi connectivity index (χ4v) is 3.43. The van der Waals surface area contributed by atoms with Crippen molar-refractivity contribution in [2.24, 2.45) is 5.92 Å². The highest BCUT2D eigenvalue weighted by Crippen LogP contribution is 2.26. The predicted molar refractivity (Wildman–Crippen MR) is 82.3 cm³/mol. The standard InChI is InChI=1S/C15H22N2O3S/c1-10(2)17(9-11-5-4-8-21-11)15(20)16-13-7-3-6-12(13)14(18)19/h4-5,8,10,12-13H,3,6-7,9H2,1-2H3,(H,16,20)(H,18,19). The summed E-state index contributed by atoms with van der Waals surface area (Å²) >= 11 is 1.62. The molecule has 1 aliphatic rings. The van der Waals surface area contributed by atoms with E-state index in [-0.39, 0.29) is 18.1 Å². The Hall–Kier alpha value is -1.56. The second-order valence-corrected chi connectivity index (χ2v) is 6.76. The first-order valence-electron chi connectivity index (χ1n) is 7.31. The molecule has 116 valence electrons. The van der Waals surface area contributed by atoms with Crippen molar-refractivity contribution in [3.8, 4) is 0 Å². The fraction of sp³-hybridized carbons (Fsp3) is 0.600. The van der Waals surface area contributed by atoms with Crippen molar-refractivity contribution in [2.75, 3.05) is 0 Å². The monoisotopic (exact) mass is 310 g/mol. The van der Waals surface area contributed by atoms with E-state index in [0.29, 0.717) is 13.0 Å². The lowest BCUT2D eigenvalue weighted by atomic mass is 10.0. The fourth-order valence-electron chi connectivity index (χ4n) is 2.73. The van der Waals surface area contributed by atoms with Crippen molar-refractivity contribution in [1.82, 2.24) is 10.2 Å². The Labute approximate surface area is 129 Å². The summed E-state index contributed by atoms with van der Waals surface area (Å²) in [5, 5.41) is 14.1. The first-order chi connectivity index (χ1) is 9.99. The smallest absolute Gasteiger partial charge is 0.318 e. The number of carboxylic acids is 1. The molecule has 1 aromatic rings. The van der Waals surface area contributed by atoms with E-state index >= 15 is 0 Å². The van der Waals surface area contributed by atoms with Gasteiger partial charge in [-0.3, -0.25) is 4.79 Å². The second-order valence-electron chi connectivity index (χ2n) is 5.73. The van der Waals surface area contributed by atoms with Crippen LogP contribution in [0.15, 0.2) is 17.5 Å². The molecule has 0 bridgehead atoms. The van der Waals surface area contributed by atoms with Crippen molar-refractivity contribution in [1.29, 1.82) is 0 Å². The Morgan fingerprint density at radius 3 is 2.81 bits per heavy atom. The molecule has 2 N–H and O–H groups in total. The summed E-state index contributed by atoms with van der Waals surface area (Å²) in [6, 6.07) is 3.62. The lowest BCUT2D eigenvalue weighted by molar-refractivity contribution is -0.142. The Morgan fingerprint density at radius 1 is 1.48 bits per heavy atom. The maximum absolute atomic E-state index is 12.5. The van der Waals surface area contributed by atoms with Crippen LogP contribution in [0.1, 0.15) is 38.0 Å². The van der Waals surface area contributed by atoms with Crippen LogP contribution in [0.4, 0.5) is 4.79 Å². The number of nitrogens with zero attached hydrogens (tertiary/aromatic N) is 1. The maximum Gasteiger partial charge on any atom is 0.318 e. The lowest BCUT2D eigenvalue weighted by Crippen LogP contribution is -2.49. The van der Waals surface area contributed by atoms with E-state index in [0.717, 1.165) is 17.7 Å². The SMILES string of the molecule is CC(C)N(Cc1cccs1)C(=O)NC1CCCC1C(=O)O. The average Bonchev–Trinajstić information content (AvgIpc) is 3.05. The molecule has 0 saturated heterocycles. The number of rotatable bonds is 5. The average molecular weight is 310 g/mol. The lowest BCUT2D eigenvalue weighted by Gasteiger charge is -2.29. The van der Waals surface area contributed by atoms with E-state index in [4.69, 9.17) is 0 Å². The van der Waals surface area contributed by atoms with Gasteiger partial charge in [-0.2, -0.15) is 0 Å². The van der Waals surface area contributed by atoms with Crippen LogP contribution in [0.2, 0.25) is 0 Å². The van der Waals surface area contributed by atoms with E-state index in [1.807, 2.05) is 31.4 Å². The van der Waals surface area contributed by atoms with Gasteiger partial charge < -0.3 is 15.3 Å². The number of aliphatic carboxylic acids is 1. The number of carbonyl (C=O) groups is 2. The summed E-state index contributed by atoms with van der Waals surface area (Å²) in [6.45, 7) is 4.50. The van der Waals surface area contributed by atoms with Crippen LogP contribution in [0.3, 0.4) is 0 Å². The summed E-state index contributed by atoms with van der Waals surface area (Å²) in [4.78, 5) is 26.5. The second kappa shape index (κ2) is 6.93. The number of urea groups is 1. The largest absolute Gasteiger partial charge is 0.481 e. The van der Waals surface area contributed by atoms with Gasteiger partial charge in [-0.15, -0.1) is 11.3 Å². The van der Waals surface area contributed by atoms with Gasteiger partial charge >= 0.3 is 12.0 Å². The minimum atomic E-state index is -0.813. The topological polar surface area (TPSA) is 69.6 Å². The van der Waals surface area contributed by atoms with Crippen LogP contribution in [0, 0.1) is 5.92 Å². The van der Waals surface area contributed by atoms with Crippen molar-refractivity contribution >= 4 is 23.3 Å². The van der Waals surface area contributed by atoms with Gasteiger partial charge in [0, 0.05) is 17.0 Å². The van der Waals surface area contributed by atoms with Crippen molar-refractivity contribution in [3.63, 3.8) is 0 Å². The normalized spacial score (nSPS) is 21.5. The third kappa shape index (κ3) is 3.97. The number of amides is 2. The molecular formula is C15H22N2O3S. The molecule has 1 heterocycles. The van der Waals surface area contributed by atoms with E-state index in [2.05, 4.69) is 5.32 Å². The van der Waals surface area contributed by atoms with Gasteiger partial charge in [0.05, 0.1) is 12.5 Å². The van der Waals surface area contributed by atoms with Crippen LogP contribution in [-0.2, 0) is 11.3 Å². The van der Waals surface area contributed by atoms with Crippen LogP contribution in [-0.4, -0.2) is 34.1 Å². The Balaban J connectivity index is 2.00. The molecule has 2 amide bonds. The molecule has 0 aromatic carbocycles. The zero-order valence-corrected chi connectivity index (χ0v) is 13.2. The van der Waals surface area contributed by atoms with Crippen LogP contribution >= 0.6 is 11.3 Å². The molecule has 2 atom stereocenters. The number of nitrogens with one attached hydrogen (secondary N) is 1. The molecule has 1 aromatic heterocycles. The minimum Gasteiger partial charge on any atom is -0.481 e. The number of carboxylic acid groups (broad SMARTS) is 1. The Bertz CT molecular complexity index is 487. The molecule has 6 heteroatoms. The highest BCUT2D eigenvalue weighted by molar-refractivity contribution is 7.09. The van der Waals surface area contributed by atoms with E-state index in [9.17, 15) is 14.7 Å². The molecule has 0 aliphatic heterocycles. The van der Waals surface area contributed by atoms with Crippen LogP contribution < -0.4 is 5.32 Å². The minimum absolute atomic E-state index is 0.0665. The van der Waals surface area contributed by atoms with Gasteiger partial charge in [0.25, 0.3) is 0 Å². The third-order valence-corrected chi connectivity index (χ3v) is 4.79. The van der Waals surface area contributed by atoms with Gasteiger partial charge in [0.1, 0.15) is 0 Å². The van der Waals surface area contributed by atoms with Crippen molar-refractivity contribution in [2.45, 2.75) is 51.7 Å². The highest BCUT2D eigenvalue weighted by Gasteiger charge is 2.35. The molecule has 2 rings (SSSR count). The van der Waals surface area contributed by atoms with E-state index in [1.54, 1.807) is 16.2 Å². The molecule has 5 nitrogen and oxygen atoms in total. The first kappa shape index (κ1) is 15.8. The molecule has 2 unspecified atom stereocenters. The number of thiophene rings is 1. The number of hydrogen-bond donors (Lipinski definition) is 2. The van der Waals surface area contributed by atoms with Crippen LogP contribution in [0.5, 0.6) is 0 Å². The zero-order valence-electron chi connectivity index (χ0n) is 12.4. The molecule has 0 spiro atoms. The predicted octanol–water partition coefficient (Wildman–Crippen LogP) is 2.92. The number of hydrogen-bond acceptors (Lipinski definition) is 3. The Morgan fingerprint density at radius 2 is 2.24 bits per heavy atom. The molecule has 1 fully saturated rings. The molecule has 21 heavy (non-hydrogen) atoms. The van der Waals surface area contributed by atoms with Crippen molar-refractivity contribution in [3.05, 3.63) is 22.4 Å².